The fraction of sp³-hybridized carbons (Fsp3) is 0.286. The van der Waals surface area contributed by atoms with E-state index in [0.717, 1.165) is 6.08 Å². The number of carbonyl (C=O) groups is 2. The Labute approximate surface area is 116 Å². The molecule has 0 aliphatic rings. The van der Waals surface area contributed by atoms with Gasteiger partial charge in [0.1, 0.15) is 0 Å². The zero-order valence-electron chi connectivity index (χ0n) is 11.3. The summed E-state index contributed by atoms with van der Waals surface area (Å²) in [6.45, 7) is 1.68. The number of hydrogen-bond acceptors (Lipinski definition) is 5. The summed E-state index contributed by atoms with van der Waals surface area (Å²) in [5.41, 5.74) is 0.496. The van der Waals surface area contributed by atoms with Crippen LogP contribution in [0.4, 0.5) is 0 Å². The van der Waals surface area contributed by atoms with Gasteiger partial charge in [0.15, 0.2) is 18.1 Å². The fourth-order valence-electron chi connectivity index (χ4n) is 1.47. The first-order valence-corrected chi connectivity index (χ1v) is 5.95. The van der Waals surface area contributed by atoms with Crippen molar-refractivity contribution >= 4 is 18.0 Å². The number of hydrogen-bond donors (Lipinski definition) is 1. The average Bonchev–Trinajstić information content (AvgIpc) is 2.43. The number of para-hydroxylation sites is 1. The third-order valence-electron chi connectivity index (χ3n) is 2.27. The second-order valence-corrected chi connectivity index (χ2v) is 3.64. The lowest BCUT2D eigenvalue weighted by atomic mass is 10.1. The largest absolute Gasteiger partial charge is 0.493 e. The normalized spacial score (nSPS) is 10.3. The van der Waals surface area contributed by atoms with Crippen molar-refractivity contribution in [1.29, 1.82) is 0 Å². The zero-order valence-corrected chi connectivity index (χ0v) is 11.3. The van der Waals surface area contributed by atoms with E-state index in [4.69, 9.17) is 19.3 Å². The molecular weight excluding hydrogens is 264 g/mol. The van der Waals surface area contributed by atoms with Gasteiger partial charge in [-0.3, -0.25) is 0 Å². The van der Waals surface area contributed by atoms with E-state index in [-0.39, 0.29) is 13.2 Å². The van der Waals surface area contributed by atoms with E-state index in [2.05, 4.69) is 0 Å². The summed E-state index contributed by atoms with van der Waals surface area (Å²) < 4.78 is 15.2. The lowest BCUT2D eigenvalue weighted by molar-refractivity contribution is -0.145. The molecule has 0 saturated carbocycles. The van der Waals surface area contributed by atoms with Gasteiger partial charge in [0.25, 0.3) is 0 Å². The molecule has 1 rings (SSSR count). The Morgan fingerprint density at radius 2 is 2.10 bits per heavy atom. The van der Waals surface area contributed by atoms with Crippen LogP contribution in [0.2, 0.25) is 0 Å². The number of methoxy groups -OCH3 is 1. The lowest BCUT2D eigenvalue weighted by Gasteiger charge is -2.12. The molecule has 1 aromatic carbocycles. The van der Waals surface area contributed by atoms with Crippen LogP contribution in [0.5, 0.6) is 11.5 Å². The smallest absolute Gasteiger partial charge is 0.344 e. The van der Waals surface area contributed by atoms with E-state index in [0.29, 0.717) is 17.1 Å². The summed E-state index contributed by atoms with van der Waals surface area (Å²) in [4.78, 5) is 21.8. The van der Waals surface area contributed by atoms with Gasteiger partial charge in [-0.05, 0) is 19.1 Å². The monoisotopic (exact) mass is 280 g/mol. The second kappa shape index (κ2) is 7.83. The molecule has 0 aliphatic carbocycles. The van der Waals surface area contributed by atoms with Crippen molar-refractivity contribution in [3.8, 4) is 11.5 Å². The zero-order chi connectivity index (χ0) is 15.0. The van der Waals surface area contributed by atoms with Crippen molar-refractivity contribution in [3.05, 3.63) is 29.8 Å². The number of carboxylic acids is 1. The number of ether oxygens (including phenoxy) is 3. The van der Waals surface area contributed by atoms with Crippen LogP contribution in [0.1, 0.15) is 12.5 Å². The van der Waals surface area contributed by atoms with Crippen molar-refractivity contribution < 1.29 is 28.9 Å². The Hall–Kier alpha value is -2.50. The van der Waals surface area contributed by atoms with Gasteiger partial charge in [-0.25, -0.2) is 9.59 Å². The maximum Gasteiger partial charge on any atom is 0.344 e. The Kier molecular flexibility index (Phi) is 6.09. The van der Waals surface area contributed by atoms with Crippen molar-refractivity contribution in [2.24, 2.45) is 0 Å². The van der Waals surface area contributed by atoms with Crippen molar-refractivity contribution in [3.63, 3.8) is 0 Å². The minimum atomic E-state index is -1.08. The highest BCUT2D eigenvalue weighted by Gasteiger charge is 2.11. The molecular formula is C14H16O6. The van der Waals surface area contributed by atoms with Crippen LogP contribution in [-0.2, 0) is 14.3 Å². The highest BCUT2D eigenvalue weighted by molar-refractivity contribution is 5.86. The highest BCUT2D eigenvalue weighted by atomic mass is 16.6. The molecule has 108 valence electrons. The van der Waals surface area contributed by atoms with Gasteiger partial charge in [0, 0.05) is 11.6 Å². The van der Waals surface area contributed by atoms with Crippen LogP contribution in [0.25, 0.3) is 6.08 Å². The summed E-state index contributed by atoms with van der Waals surface area (Å²) >= 11 is 0. The highest BCUT2D eigenvalue weighted by Crippen LogP contribution is 2.31. The topological polar surface area (TPSA) is 82.1 Å². The molecule has 1 N–H and O–H groups in total. The quantitative estimate of drug-likeness (QED) is 0.605. The first-order valence-electron chi connectivity index (χ1n) is 5.95. The molecule has 0 spiro atoms. The Morgan fingerprint density at radius 1 is 1.35 bits per heavy atom. The number of carbonyl (C=O) groups excluding carboxylic acids is 1. The molecule has 0 aromatic heterocycles. The maximum absolute atomic E-state index is 11.3. The molecule has 6 heteroatoms. The van der Waals surface area contributed by atoms with Crippen LogP contribution >= 0.6 is 0 Å². The van der Waals surface area contributed by atoms with Gasteiger partial charge >= 0.3 is 11.9 Å². The molecule has 1 aromatic rings. The van der Waals surface area contributed by atoms with Gasteiger partial charge in [0.05, 0.1) is 13.7 Å². The van der Waals surface area contributed by atoms with Gasteiger partial charge in [-0.15, -0.1) is 0 Å². The van der Waals surface area contributed by atoms with Gasteiger partial charge < -0.3 is 19.3 Å². The number of aliphatic carboxylic acids is 1. The maximum atomic E-state index is 11.3. The molecule has 0 heterocycles. The molecule has 0 atom stereocenters. The summed E-state index contributed by atoms with van der Waals surface area (Å²) in [5, 5.41) is 8.65. The minimum Gasteiger partial charge on any atom is -0.493 e. The number of rotatable bonds is 7. The van der Waals surface area contributed by atoms with Crippen LogP contribution in [0.15, 0.2) is 24.3 Å². The van der Waals surface area contributed by atoms with E-state index in [1.165, 1.54) is 13.2 Å². The lowest BCUT2D eigenvalue weighted by Crippen LogP contribution is -2.15. The van der Waals surface area contributed by atoms with E-state index in [1.54, 1.807) is 25.1 Å². The fourth-order valence-corrected chi connectivity index (χ4v) is 1.47. The Morgan fingerprint density at radius 3 is 2.70 bits per heavy atom. The predicted molar refractivity (Wildman–Crippen MR) is 71.8 cm³/mol. The average molecular weight is 280 g/mol. The second-order valence-electron chi connectivity index (χ2n) is 3.64. The van der Waals surface area contributed by atoms with Gasteiger partial charge in [-0.1, -0.05) is 12.1 Å². The van der Waals surface area contributed by atoms with Crippen molar-refractivity contribution in [2.75, 3.05) is 20.3 Å². The summed E-state index contributed by atoms with van der Waals surface area (Å²) in [6, 6.07) is 5.00. The van der Waals surface area contributed by atoms with Crippen LogP contribution in [0, 0.1) is 0 Å². The van der Waals surface area contributed by atoms with Crippen molar-refractivity contribution in [2.45, 2.75) is 6.92 Å². The summed E-state index contributed by atoms with van der Waals surface area (Å²) in [7, 11) is 1.46. The first-order chi connectivity index (χ1) is 9.58. The summed E-state index contributed by atoms with van der Waals surface area (Å²) in [5.74, 6) is -0.891. The van der Waals surface area contributed by atoms with Crippen LogP contribution < -0.4 is 9.47 Å². The third-order valence-corrected chi connectivity index (χ3v) is 2.27. The van der Waals surface area contributed by atoms with E-state index < -0.39 is 11.9 Å². The molecule has 20 heavy (non-hydrogen) atoms. The van der Waals surface area contributed by atoms with Gasteiger partial charge in [-0.2, -0.15) is 0 Å². The molecule has 0 fully saturated rings. The molecule has 0 unspecified atom stereocenters. The predicted octanol–water partition coefficient (Wildman–Crippen LogP) is 1.73. The van der Waals surface area contributed by atoms with Gasteiger partial charge in [0.2, 0.25) is 0 Å². The van der Waals surface area contributed by atoms with Crippen LogP contribution in [-0.4, -0.2) is 37.4 Å². The molecule has 0 amide bonds. The molecule has 0 aliphatic heterocycles. The number of benzene rings is 1. The van der Waals surface area contributed by atoms with E-state index in [1.807, 2.05) is 0 Å². The summed E-state index contributed by atoms with van der Waals surface area (Å²) in [6.07, 6.45) is 2.34. The van der Waals surface area contributed by atoms with Crippen molar-refractivity contribution in [1.82, 2.24) is 0 Å². The number of esters is 1. The third kappa shape index (κ3) is 4.64. The molecule has 0 saturated heterocycles. The Bertz CT molecular complexity index is 506. The van der Waals surface area contributed by atoms with E-state index in [9.17, 15) is 9.59 Å². The number of carboxylic acid groups (broad SMARTS) is 1. The Balaban J connectivity index is 2.95. The standard InChI is InChI=1S/C14H16O6/c1-3-19-13(17)9-20-14-10(7-8-12(15)16)5-4-6-11(14)18-2/h4-8H,3,9H2,1-2H3,(H,15,16)/b8-7+. The van der Waals surface area contributed by atoms with E-state index >= 15 is 0 Å². The molecule has 0 bridgehead atoms. The SMILES string of the molecule is CCOC(=O)COc1c(/C=C/C(=O)O)cccc1OC. The molecule has 6 nitrogen and oxygen atoms in total. The molecule has 0 radical (unpaired) electrons. The first kappa shape index (κ1) is 15.6. The van der Waals surface area contributed by atoms with Crippen LogP contribution in [0.3, 0.4) is 0 Å². The minimum absolute atomic E-state index is 0.264.